The van der Waals surface area contributed by atoms with Gasteiger partial charge in [0.25, 0.3) is 0 Å². The molecule has 0 amide bonds. The Morgan fingerprint density at radius 3 is 2.94 bits per heavy atom. The van der Waals surface area contributed by atoms with Crippen molar-refractivity contribution in [2.24, 2.45) is 0 Å². The van der Waals surface area contributed by atoms with E-state index in [1.54, 1.807) is 11.3 Å². The molecule has 3 nitrogen and oxygen atoms in total. The number of esters is 1. The molecule has 88 valence electrons. The fourth-order valence-electron chi connectivity index (χ4n) is 2.49. The first-order valence-electron chi connectivity index (χ1n) is 5.68. The number of ether oxygens (including phenoxy) is 1. The van der Waals surface area contributed by atoms with E-state index in [2.05, 4.69) is 11.1 Å². The Morgan fingerprint density at radius 1 is 1.47 bits per heavy atom. The standard InChI is InChI=1S/C13H13NO2S/c1-16-12(15)13(5-2-6-13)9-3-4-10-11(7-9)17-8-14-10/h3-4,7-8H,2,5-6H2,1H3. The van der Waals surface area contributed by atoms with Crippen LogP contribution in [-0.2, 0) is 14.9 Å². The predicted molar refractivity (Wildman–Crippen MR) is 67.2 cm³/mol. The third-order valence-corrected chi connectivity index (χ3v) is 4.46. The van der Waals surface area contributed by atoms with Gasteiger partial charge in [0.05, 0.1) is 28.3 Å². The maximum absolute atomic E-state index is 12.0. The first-order valence-corrected chi connectivity index (χ1v) is 6.56. The van der Waals surface area contributed by atoms with E-state index in [0.717, 1.165) is 35.0 Å². The van der Waals surface area contributed by atoms with Gasteiger partial charge in [0, 0.05) is 0 Å². The average molecular weight is 247 g/mol. The Labute approximate surface area is 103 Å². The maximum atomic E-state index is 12.0. The Morgan fingerprint density at radius 2 is 2.29 bits per heavy atom. The van der Waals surface area contributed by atoms with Crippen molar-refractivity contribution in [3.8, 4) is 0 Å². The molecule has 1 saturated carbocycles. The fourth-order valence-corrected chi connectivity index (χ4v) is 3.21. The van der Waals surface area contributed by atoms with Crippen LogP contribution in [0.3, 0.4) is 0 Å². The molecule has 0 atom stereocenters. The number of carbonyl (C=O) groups excluding carboxylic acids is 1. The van der Waals surface area contributed by atoms with Crippen molar-refractivity contribution < 1.29 is 9.53 Å². The van der Waals surface area contributed by atoms with Crippen LogP contribution in [0.15, 0.2) is 23.7 Å². The van der Waals surface area contributed by atoms with Gasteiger partial charge in [0.1, 0.15) is 0 Å². The van der Waals surface area contributed by atoms with E-state index in [0.29, 0.717) is 0 Å². The summed E-state index contributed by atoms with van der Waals surface area (Å²) < 4.78 is 6.09. The van der Waals surface area contributed by atoms with E-state index >= 15 is 0 Å². The van der Waals surface area contributed by atoms with Crippen LogP contribution in [0.2, 0.25) is 0 Å². The number of thiazole rings is 1. The minimum atomic E-state index is -0.396. The molecule has 1 heterocycles. The van der Waals surface area contributed by atoms with Gasteiger partial charge >= 0.3 is 5.97 Å². The summed E-state index contributed by atoms with van der Waals surface area (Å²) >= 11 is 1.61. The molecule has 4 heteroatoms. The third kappa shape index (κ3) is 1.47. The fraction of sp³-hybridized carbons (Fsp3) is 0.385. The number of carbonyl (C=O) groups is 1. The molecule has 3 rings (SSSR count). The van der Waals surface area contributed by atoms with Crippen LogP contribution in [0.25, 0.3) is 10.2 Å². The van der Waals surface area contributed by atoms with Crippen molar-refractivity contribution in [2.45, 2.75) is 24.7 Å². The molecule has 1 aliphatic rings. The molecule has 1 aromatic carbocycles. The lowest BCUT2D eigenvalue weighted by Gasteiger charge is -2.39. The minimum absolute atomic E-state index is 0.104. The molecule has 0 aliphatic heterocycles. The highest BCUT2D eigenvalue weighted by Gasteiger charge is 2.46. The highest BCUT2D eigenvalue weighted by atomic mass is 32.1. The van der Waals surface area contributed by atoms with Gasteiger partial charge in [0.2, 0.25) is 0 Å². The van der Waals surface area contributed by atoms with E-state index < -0.39 is 5.41 Å². The summed E-state index contributed by atoms with van der Waals surface area (Å²) in [6.45, 7) is 0. The molecule has 2 aromatic rings. The third-order valence-electron chi connectivity index (χ3n) is 3.67. The summed E-state index contributed by atoms with van der Waals surface area (Å²) in [4.78, 5) is 16.2. The zero-order chi connectivity index (χ0) is 11.9. The van der Waals surface area contributed by atoms with Gasteiger partial charge in [-0.05, 0) is 30.5 Å². The molecule has 0 spiro atoms. The lowest BCUT2D eigenvalue weighted by Crippen LogP contribution is -2.43. The Hall–Kier alpha value is -1.42. The second-order valence-electron chi connectivity index (χ2n) is 4.46. The molecule has 17 heavy (non-hydrogen) atoms. The zero-order valence-electron chi connectivity index (χ0n) is 9.60. The molecule has 0 saturated heterocycles. The van der Waals surface area contributed by atoms with E-state index in [1.165, 1.54) is 7.11 Å². The number of aromatic nitrogens is 1. The van der Waals surface area contributed by atoms with Crippen molar-refractivity contribution in [3.05, 3.63) is 29.3 Å². The highest BCUT2D eigenvalue weighted by molar-refractivity contribution is 7.16. The molecule has 1 aromatic heterocycles. The number of fused-ring (bicyclic) bond motifs is 1. The SMILES string of the molecule is COC(=O)C1(c2ccc3ncsc3c2)CCC1. The summed E-state index contributed by atoms with van der Waals surface area (Å²) in [5.74, 6) is -0.104. The van der Waals surface area contributed by atoms with Gasteiger partial charge in [0.15, 0.2) is 0 Å². The number of methoxy groups -OCH3 is 1. The Bertz CT molecular complexity index is 572. The van der Waals surface area contributed by atoms with Gasteiger partial charge in [-0.15, -0.1) is 11.3 Å². The topological polar surface area (TPSA) is 39.2 Å². The van der Waals surface area contributed by atoms with Crippen molar-refractivity contribution in [1.82, 2.24) is 4.98 Å². The van der Waals surface area contributed by atoms with Crippen LogP contribution in [0.4, 0.5) is 0 Å². The Balaban J connectivity index is 2.09. The molecule has 0 unspecified atom stereocenters. The molecule has 0 N–H and O–H groups in total. The van der Waals surface area contributed by atoms with E-state index in [4.69, 9.17) is 4.74 Å². The molecular formula is C13H13NO2S. The molecule has 1 fully saturated rings. The van der Waals surface area contributed by atoms with Gasteiger partial charge in [-0.25, -0.2) is 4.98 Å². The lowest BCUT2D eigenvalue weighted by atomic mass is 9.64. The Kier molecular flexibility index (Phi) is 2.40. The van der Waals surface area contributed by atoms with Gasteiger partial charge in [-0.2, -0.15) is 0 Å². The smallest absolute Gasteiger partial charge is 0.316 e. The van der Waals surface area contributed by atoms with E-state index in [-0.39, 0.29) is 5.97 Å². The predicted octanol–water partition coefficient (Wildman–Crippen LogP) is 2.89. The average Bonchev–Trinajstić information content (AvgIpc) is 2.74. The van der Waals surface area contributed by atoms with E-state index in [9.17, 15) is 4.79 Å². The summed E-state index contributed by atoms with van der Waals surface area (Å²) in [7, 11) is 1.47. The number of hydrogen-bond donors (Lipinski definition) is 0. The van der Waals surface area contributed by atoms with Crippen LogP contribution in [0.5, 0.6) is 0 Å². The number of benzene rings is 1. The van der Waals surface area contributed by atoms with E-state index in [1.807, 2.05) is 17.6 Å². The first kappa shape index (κ1) is 10.7. The summed E-state index contributed by atoms with van der Waals surface area (Å²) in [5.41, 5.74) is 3.51. The number of hydrogen-bond acceptors (Lipinski definition) is 4. The van der Waals surface area contributed by atoms with Crippen LogP contribution in [-0.4, -0.2) is 18.1 Å². The van der Waals surface area contributed by atoms with Crippen LogP contribution in [0, 0.1) is 0 Å². The normalized spacial score (nSPS) is 17.7. The van der Waals surface area contributed by atoms with Gasteiger partial charge < -0.3 is 4.74 Å². The number of nitrogens with zero attached hydrogens (tertiary/aromatic N) is 1. The molecule has 1 aliphatic carbocycles. The largest absolute Gasteiger partial charge is 0.468 e. The van der Waals surface area contributed by atoms with Crippen molar-refractivity contribution >= 4 is 27.5 Å². The summed E-state index contributed by atoms with van der Waals surface area (Å²) in [5, 5.41) is 0. The lowest BCUT2D eigenvalue weighted by molar-refractivity contribution is -0.151. The molecular weight excluding hydrogens is 234 g/mol. The summed E-state index contributed by atoms with van der Waals surface area (Å²) in [6, 6.07) is 6.09. The van der Waals surface area contributed by atoms with Gasteiger partial charge in [-0.3, -0.25) is 4.79 Å². The van der Waals surface area contributed by atoms with Crippen LogP contribution < -0.4 is 0 Å². The minimum Gasteiger partial charge on any atom is -0.468 e. The number of rotatable bonds is 2. The monoisotopic (exact) mass is 247 g/mol. The first-order chi connectivity index (χ1) is 8.26. The molecule has 0 radical (unpaired) electrons. The second kappa shape index (κ2) is 3.81. The van der Waals surface area contributed by atoms with Crippen LogP contribution in [0.1, 0.15) is 24.8 Å². The highest BCUT2D eigenvalue weighted by Crippen LogP contribution is 2.45. The maximum Gasteiger partial charge on any atom is 0.316 e. The van der Waals surface area contributed by atoms with Crippen molar-refractivity contribution in [1.29, 1.82) is 0 Å². The van der Waals surface area contributed by atoms with Crippen LogP contribution >= 0.6 is 11.3 Å². The van der Waals surface area contributed by atoms with Crippen molar-refractivity contribution in [2.75, 3.05) is 7.11 Å². The van der Waals surface area contributed by atoms with Crippen molar-refractivity contribution in [3.63, 3.8) is 0 Å². The summed E-state index contributed by atoms with van der Waals surface area (Å²) in [6.07, 6.45) is 2.88. The quantitative estimate of drug-likeness (QED) is 0.766. The van der Waals surface area contributed by atoms with Gasteiger partial charge in [-0.1, -0.05) is 12.5 Å². The zero-order valence-corrected chi connectivity index (χ0v) is 10.4. The second-order valence-corrected chi connectivity index (χ2v) is 5.35. The molecule has 0 bridgehead atoms.